The number of nitrogens with zero attached hydrogens (tertiary/aromatic N) is 2. The summed E-state index contributed by atoms with van der Waals surface area (Å²) in [6.07, 6.45) is 1.67. The number of ether oxygens (including phenoxy) is 2. The van der Waals surface area contributed by atoms with E-state index in [2.05, 4.69) is 5.32 Å². The van der Waals surface area contributed by atoms with Crippen LogP contribution in [-0.2, 0) is 22.5 Å². The maximum Gasteiger partial charge on any atom is 0.410 e. The van der Waals surface area contributed by atoms with Crippen LogP contribution in [0.15, 0.2) is 42.5 Å². The molecule has 0 spiro atoms. The Hall–Kier alpha value is -3.20. The van der Waals surface area contributed by atoms with Crippen LogP contribution in [0.4, 0.5) is 19.3 Å². The van der Waals surface area contributed by atoms with E-state index in [-0.39, 0.29) is 30.3 Å². The maximum atomic E-state index is 13.7. The molecule has 1 saturated heterocycles. The second-order valence-corrected chi connectivity index (χ2v) is 10.5. The highest BCUT2D eigenvalue weighted by atomic mass is 19.3. The number of piperidine rings is 1. The van der Waals surface area contributed by atoms with E-state index in [9.17, 15) is 18.4 Å². The van der Waals surface area contributed by atoms with Crippen LogP contribution >= 0.6 is 0 Å². The summed E-state index contributed by atoms with van der Waals surface area (Å²) < 4.78 is 38.7. The number of likely N-dealkylation sites (tertiary alicyclic amines) is 1. The molecule has 0 aromatic heterocycles. The second kappa shape index (κ2) is 11.0. The third kappa shape index (κ3) is 6.04. The number of hydrogen-bond acceptors (Lipinski definition) is 5. The fourth-order valence-electron chi connectivity index (χ4n) is 5.16. The number of rotatable bonds is 6. The van der Waals surface area contributed by atoms with Gasteiger partial charge in [-0.15, -0.1) is 0 Å². The first kappa shape index (κ1) is 26.9. The van der Waals surface area contributed by atoms with E-state index in [1.807, 2.05) is 51.1 Å². The predicted octanol–water partition coefficient (Wildman–Crippen LogP) is 5.43. The van der Waals surface area contributed by atoms with Crippen molar-refractivity contribution in [3.05, 3.63) is 59.2 Å². The van der Waals surface area contributed by atoms with Crippen molar-refractivity contribution in [2.24, 2.45) is 0 Å². The first-order valence-electron chi connectivity index (χ1n) is 12.7. The summed E-state index contributed by atoms with van der Waals surface area (Å²) in [6, 6.07) is 12.8. The standard InChI is InChI=1S/C28H35F2N3O4/c1-28(2,3)37-27(35)32-14-8-11-21(25(32)18-9-6-5-7-10-18)31-17-20-15-22-19(16-23(20)36-4)12-13-24(34)33(22)26(29)30/h5-7,9-10,15-16,21,25-26,31H,8,11-14,17H2,1-4H3/t21-,25-/m0/s1. The molecule has 2 aromatic carbocycles. The zero-order chi connectivity index (χ0) is 26.7. The molecule has 1 fully saturated rings. The van der Waals surface area contributed by atoms with Gasteiger partial charge in [0.15, 0.2) is 0 Å². The number of fused-ring (bicyclic) bond motifs is 1. The Bertz CT molecular complexity index is 1120. The van der Waals surface area contributed by atoms with Gasteiger partial charge in [-0.3, -0.25) is 14.6 Å². The number of benzene rings is 2. The highest BCUT2D eigenvalue weighted by Crippen LogP contribution is 2.37. The molecule has 2 amide bonds. The molecule has 9 heteroatoms. The third-order valence-electron chi connectivity index (χ3n) is 6.77. The van der Waals surface area contributed by atoms with E-state index in [1.165, 1.54) is 0 Å². The summed E-state index contributed by atoms with van der Waals surface area (Å²) in [6.45, 7) is 3.51. The quantitative estimate of drug-likeness (QED) is 0.520. The van der Waals surface area contributed by atoms with Crippen molar-refractivity contribution >= 4 is 17.7 Å². The van der Waals surface area contributed by atoms with E-state index in [1.54, 1.807) is 24.1 Å². The monoisotopic (exact) mass is 515 g/mol. The molecule has 37 heavy (non-hydrogen) atoms. The number of hydrogen-bond donors (Lipinski definition) is 1. The van der Waals surface area contributed by atoms with Crippen LogP contribution in [-0.4, -0.2) is 48.7 Å². The first-order chi connectivity index (χ1) is 17.6. The number of alkyl halides is 2. The summed E-state index contributed by atoms with van der Waals surface area (Å²) in [4.78, 5) is 27.7. The number of methoxy groups -OCH3 is 1. The molecule has 1 N–H and O–H groups in total. The van der Waals surface area contributed by atoms with Crippen LogP contribution in [0.3, 0.4) is 0 Å². The van der Waals surface area contributed by atoms with Crippen LogP contribution < -0.4 is 15.0 Å². The summed E-state index contributed by atoms with van der Waals surface area (Å²) >= 11 is 0. The SMILES string of the molecule is COc1cc2c(cc1CN[C@H]1CCCN(C(=O)OC(C)(C)C)[C@H]1c1ccccc1)N(C(F)F)C(=O)CC2. The van der Waals surface area contributed by atoms with Gasteiger partial charge in [0, 0.05) is 31.1 Å². The lowest BCUT2D eigenvalue weighted by atomic mass is 9.90. The summed E-state index contributed by atoms with van der Waals surface area (Å²) in [5.74, 6) is -0.0121. The molecule has 2 atom stereocenters. The highest BCUT2D eigenvalue weighted by Gasteiger charge is 2.38. The van der Waals surface area contributed by atoms with E-state index in [4.69, 9.17) is 9.47 Å². The van der Waals surface area contributed by atoms with Crippen LogP contribution in [0.2, 0.25) is 0 Å². The predicted molar refractivity (Wildman–Crippen MR) is 137 cm³/mol. The van der Waals surface area contributed by atoms with Gasteiger partial charge in [0.25, 0.3) is 0 Å². The van der Waals surface area contributed by atoms with Crippen molar-refractivity contribution in [2.45, 2.75) is 77.2 Å². The summed E-state index contributed by atoms with van der Waals surface area (Å²) in [5.41, 5.74) is 1.92. The molecule has 0 aliphatic carbocycles. The van der Waals surface area contributed by atoms with Crippen LogP contribution in [0.1, 0.15) is 62.8 Å². The number of carbonyl (C=O) groups is 2. The zero-order valence-electron chi connectivity index (χ0n) is 21.8. The molecule has 0 radical (unpaired) electrons. The van der Waals surface area contributed by atoms with E-state index in [0.717, 1.165) is 18.4 Å². The minimum atomic E-state index is -2.91. The topological polar surface area (TPSA) is 71.1 Å². The minimum absolute atomic E-state index is 0.0411. The lowest BCUT2D eigenvalue weighted by Crippen LogP contribution is -2.51. The molecule has 0 unspecified atom stereocenters. The number of aryl methyl sites for hydroxylation is 1. The van der Waals surface area contributed by atoms with Crippen molar-refractivity contribution in [3.63, 3.8) is 0 Å². The van der Waals surface area contributed by atoms with E-state index < -0.39 is 18.1 Å². The molecule has 7 nitrogen and oxygen atoms in total. The molecular weight excluding hydrogens is 480 g/mol. The van der Waals surface area contributed by atoms with Gasteiger partial charge in [-0.05, 0) is 63.3 Å². The van der Waals surface area contributed by atoms with Crippen LogP contribution in [0.5, 0.6) is 5.75 Å². The number of amides is 2. The smallest absolute Gasteiger partial charge is 0.410 e. The van der Waals surface area contributed by atoms with Gasteiger partial charge < -0.3 is 14.8 Å². The zero-order valence-corrected chi connectivity index (χ0v) is 21.8. The van der Waals surface area contributed by atoms with Crippen molar-refractivity contribution in [1.82, 2.24) is 10.2 Å². The Morgan fingerprint density at radius 1 is 1.16 bits per heavy atom. The van der Waals surface area contributed by atoms with Crippen molar-refractivity contribution < 1.29 is 27.8 Å². The first-order valence-corrected chi connectivity index (χ1v) is 12.7. The normalized spacial score (nSPS) is 20.1. The fourth-order valence-corrected chi connectivity index (χ4v) is 5.16. The average molecular weight is 516 g/mol. The Morgan fingerprint density at radius 2 is 1.89 bits per heavy atom. The minimum Gasteiger partial charge on any atom is -0.496 e. The van der Waals surface area contributed by atoms with Gasteiger partial charge in [-0.1, -0.05) is 30.3 Å². The van der Waals surface area contributed by atoms with E-state index in [0.29, 0.717) is 41.3 Å². The molecule has 0 bridgehead atoms. The lowest BCUT2D eigenvalue weighted by molar-refractivity contribution is -0.121. The number of nitrogens with one attached hydrogen (secondary N) is 1. The number of carbonyl (C=O) groups excluding carboxylic acids is 2. The van der Waals surface area contributed by atoms with E-state index >= 15 is 0 Å². The molecule has 2 aliphatic heterocycles. The molecule has 2 heterocycles. The molecule has 2 aliphatic rings. The Labute approximate surface area is 216 Å². The van der Waals surface area contributed by atoms with Crippen molar-refractivity contribution in [2.75, 3.05) is 18.6 Å². The number of anilines is 1. The Balaban J connectivity index is 1.62. The Kier molecular flexibility index (Phi) is 8.02. The average Bonchev–Trinajstić information content (AvgIpc) is 2.85. The molecule has 2 aromatic rings. The van der Waals surface area contributed by atoms with Crippen molar-refractivity contribution in [3.8, 4) is 5.75 Å². The second-order valence-electron chi connectivity index (χ2n) is 10.5. The van der Waals surface area contributed by atoms with Crippen LogP contribution in [0, 0.1) is 0 Å². The molecule has 4 rings (SSSR count). The van der Waals surface area contributed by atoms with Gasteiger partial charge >= 0.3 is 12.6 Å². The Morgan fingerprint density at radius 3 is 2.54 bits per heavy atom. The summed E-state index contributed by atoms with van der Waals surface area (Å²) in [5, 5.41) is 3.55. The fraction of sp³-hybridized carbons (Fsp3) is 0.500. The van der Waals surface area contributed by atoms with Gasteiger partial charge in [0.2, 0.25) is 5.91 Å². The van der Waals surface area contributed by atoms with Gasteiger partial charge in [0.1, 0.15) is 11.4 Å². The van der Waals surface area contributed by atoms with Gasteiger partial charge in [0.05, 0.1) is 18.8 Å². The third-order valence-corrected chi connectivity index (χ3v) is 6.77. The van der Waals surface area contributed by atoms with Crippen LogP contribution in [0.25, 0.3) is 0 Å². The maximum absolute atomic E-state index is 13.7. The van der Waals surface area contributed by atoms with Crippen molar-refractivity contribution in [1.29, 1.82) is 0 Å². The highest BCUT2D eigenvalue weighted by molar-refractivity contribution is 5.96. The van der Waals surface area contributed by atoms with Gasteiger partial charge in [-0.2, -0.15) is 8.78 Å². The molecule has 0 saturated carbocycles. The van der Waals surface area contributed by atoms with Gasteiger partial charge in [-0.25, -0.2) is 4.79 Å². The summed E-state index contributed by atoms with van der Waals surface area (Å²) in [7, 11) is 1.54. The molecule has 200 valence electrons. The molecular formula is C28H35F2N3O4. The number of halogens is 2. The lowest BCUT2D eigenvalue weighted by Gasteiger charge is -2.42. The largest absolute Gasteiger partial charge is 0.496 e.